The number of ketones is 1. The van der Waals surface area contributed by atoms with E-state index in [9.17, 15) is 35.5 Å². The zero-order valence-electron chi connectivity index (χ0n) is 8.09. The molecule has 0 radical (unpaired) electrons. The molecule has 0 unspecified atom stereocenters. The summed E-state index contributed by atoms with van der Waals surface area (Å²) in [5, 5.41) is 0. The Morgan fingerprint density at radius 3 is 1.72 bits per heavy atom. The van der Waals surface area contributed by atoms with Gasteiger partial charge in [-0.05, 0) is 12.1 Å². The van der Waals surface area contributed by atoms with E-state index in [-0.39, 0.29) is 4.47 Å². The van der Waals surface area contributed by atoms with Gasteiger partial charge in [-0.2, -0.15) is 22.0 Å². The number of hydrogen-bond donors (Lipinski definition) is 0. The van der Waals surface area contributed by atoms with Gasteiger partial charge in [0, 0.05) is 4.47 Å². The van der Waals surface area contributed by atoms with Gasteiger partial charge in [0.25, 0.3) is 0 Å². The number of hydrogen-bond acceptors (Lipinski definition) is 1. The molecule has 0 N–H and O–H groups in total. The second-order valence-electron chi connectivity index (χ2n) is 3.15. The van der Waals surface area contributed by atoms with E-state index < -0.39 is 35.1 Å². The fraction of sp³-hybridized carbons (Fsp3) is 0.222. The summed E-state index contributed by atoms with van der Waals surface area (Å²) >= 11 is 2.59. The number of benzene rings is 1. The van der Waals surface area contributed by atoms with E-state index >= 15 is 0 Å². The Hall–Kier alpha value is -1.12. The predicted octanol–water partition coefficient (Wildman–Crippen LogP) is 4.11. The third-order valence-electron chi connectivity index (χ3n) is 1.88. The van der Waals surface area contributed by atoms with Crippen LogP contribution in [0.4, 0.5) is 30.7 Å². The van der Waals surface area contributed by atoms with E-state index in [0.29, 0.717) is 12.1 Å². The number of carbonyl (C=O) groups excluding carboxylic acids is 1. The molecule has 0 spiro atoms. The fourth-order valence-electron chi connectivity index (χ4n) is 1.04. The number of Topliss-reactive ketones (excluding diaryl/α,β-unsaturated/α-hetero) is 1. The Labute approximate surface area is 104 Å². The Kier molecular flexibility index (Phi) is 3.75. The summed E-state index contributed by atoms with van der Waals surface area (Å²) in [6.45, 7) is 0. The Morgan fingerprint density at radius 2 is 1.39 bits per heavy atom. The fourth-order valence-corrected chi connectivity index (χ4v) is 1.45. The Balaban J connectivity index is 3.37. The minimum Gasteiger partial charge on any atom is -0.287 e. The van der Waals surface area contributed by atoms with Crippen molar-refractivity contribution in [3.8, 4) is 0 Å². The van der Waals surface area contributed by atoms with Crippen LogP contribution in [0.5, 0.6) is 0 Å². The van der Waals surface area contributed by atoms with Crippen LogP contribution >= 0.6 is 15.9 Å². The highest BCUT2D eigenvalue weighted by molar-refractivity contribution is 9.10. The first kappa shape index (κ1) is 14.9. The Morgan fingerprint density at radius 1 is 1.00 bits per heavy atom. The van der Waals surface area contributed by atoms with Gasteiger partial charge in [-0.25, -0.2) is 8.78 Å². The number of carbonyl (C=O) groups is 1. The maximum Gasteiger partial charge on any atom is 0.461 e. The zero-order chi connectivity index (χ0) is 14.3. The normalized spacial score (nSPS) is 12.7. The third kappa shape index (κ3) is 2.50. The van der Waals surface area contributed by atoms with Crippen molar-refractivity contribution in [3.63, 3.8) is 0 Å². The van der Waals surface area contributed by atoms with Gasteiger partial charge in [0.2, 0.25) is 5.78 Å². The summed E-state index contributed by atoms with van der Waals surface area (Å²) in [6.07, 6.45) is -6.23. The van der Waals surface area contributed by atoms with Crippen molar-refractivity contribution in [2.24, 2.45) is 0 Å². The molecule has 0 atom stereocenters. The lowest BCUT2D eigenvalue weighted by atomic mass is 10.0. The van der Waals surface area contributed by atoms with Crippen molar-refractivity contribution < 1.29 is 35.5 Å². The molecule has 1 aromatic rings. The highest BCUT2D eigenvalue weighted by Crippen LogP contribution is 2.39. The summed E-state index contributed by atoms with van der Waals surface area (Å²) in [7, 11) is 0. The van der Waals surface area contributed by atoms with Gasteiger partial charge in [-0.15, -0.1) is 0 Å². The highest BCUT2D eigenvalue weighted by Gasteiger charge is 2.64. The summed E-state index contributed by atoms with van der Waals surface area (Å²) in [6, 6.07) is 0.811. The van der Waals surface area contributed by atoms with Crippen molar-refractivity contribution >= 4 is 21.7 Å². The van der Waals surface area contributed by atoms with Crippen LogP contribution in [0.1, 0.15) is 10.4 Å². The molecule has 0 amide bonds. The molecule has 0 bridgehead atoms. The molecule has 0 aliphatic carbocycles. The molecule has 0 aliphatic heterocycles. The lowest BCUT2D eigenvalue weighted by molar-refractivity contribution is -0.255. The van der Waals surface area contributed by atoms with Crippen molar-refractivity contribution in [2.45, 2.75) is 12.1 Å². The molecule has 1 nitrogen and oxygen atoms in total. The monoisotopic (exact) mass is 338 g/mol. The first-order chi connectivity index (χ1) is 7.98. The number of rotatable bonds is 2. The second kappa shape index (κ2) is 4.52. The molecule has 1 aromatic carbocycles. The molecule has 9 heteroatoms. The first-order valence-corrected chi connectivity index (χ1v) is 4.91. The van der Waals surface area contributed by atoms with Crippen molar-refractivity contribution in [3.05, 3.63) is 33.8 Å². The van der Waals surface area contributed by atoms with E-state index in [1.165, 1.54) is 0 Å². The molecule has 100 valence electrons. The number of alkyl halides is 5. The van der Waals surface area contributed by atoms with E-state index in [1.54, 1.807) is 0 Å². The highest BCUT2D eigenvalue weighted by atomic mass is 79.9. The summed E-state index contributed by atoms with van der Waals surface area (Å²) in [5.74, 6) is -12.5. The molecule has 0 aliphatic rings. The van der Waals surface area contributed by atoms with Gasteiger partial charge in [0.05, 0.1) is 5.56 Å². The van der Waals surface area contributed by atoms with Gasteiger partial charge in [-0.1, -0.05) is 15.9 Å². The van der Waals surface area contributed by atoms with E-state index in [2.05, 4.69) is 15.9 Å². The molecular formula is C9H2BrF7O. The SMILES string of the molecule is O=C(c1c(F)cc(Br)cc1F)C(F)(F)C(F)(F)F. The van der Waals surface area contributed by atoms with E-state index in [1.807, 2.05) is 0 Å². The van der Waals surface area contributed by atoms with Gasteiger partial charge in [-0.3, -0.25) is 4.79 Å². The third-order valence-corrected chi connectivity index (χ3v) is 2.33. The zero-order valence-corrected chi connectivity index (χ0v) is 9.67. The molecule has 1 rings (SSSR count). The summed E-state index contributed by atoms with van der Waals surface area (Å²) in [5.41, 5.74) is -1.93. The summed E-state index contributed by atoms with van der Waals surface area (Å²) < 4.78 is 86.9. The van der Waals surface area contributed by atoms with Crippen molar-refractivity contribution in [1.82, 2.24) is 0 Å². The smallest absolute Gasteiger partial charge is 0.287 e. The molecule has 0 aromatic heterocycles. The largest absolute Gasteiger partial charge is 0.461 e. The second-order valence-corrected chi connectivity index (χ2v) is 4.06. The Bertz CT molecular complexity index is 471. The van der Waals surface area contributed by atoms with Crippen LogP contribution in [0, 0.1) is 11.6 Å². The summed E-state index contributed by atoms with van der Waals surface area (Å²) in [4.78, 5) is 10.9. The minimum atomic E-state index is -6.23. The molecule has 0 heterocycles. The van der Waals surface area contributed by atoms with E-state index in [0.717, 1.165) is 0 Å². The average Bonchev–Trinajstić information content (AvgIpc) is 2.13. The topological polar surface area (TPSA) is 17.1 Å². The molecule has 0 fully saturated rings. The predicted molar refractivity (Wildman–Crippen MR) is 49.4 cm³/mol. The van der Waals surface area contributed by atoms with Crippen LogP contribution in [0.15, 0.2) is 16.6 Å². The quantitative estimate of drug-likeness (QED) is 0.586. The van der Waals surface area contributed by atoms with Crippen LogP contribution in [0.25, 0.3) is 0 Å². The van der Waals surface area contributed by atoms with Crippen molar-refractivity contribution in [2.75, 3.05) is 0 Å². The maximum absolute atomic E-state index is 13.1. The van der Waals surface area contributed by atoms with Gasteiger partial charge in [0.1, 0.15) is 11.6 Å². The molecule has 18 heavy (non-hydrogen) atoms. The first-order valence-electron chi connectivity index (χ1n) is 4.12. The molecule has 0 saturated carbocycles. The van der Waals surface area contributed by atoms with Gasteiger partial charge in [0.15, 0.2) is 0 Å². The lowest BCUT2D eigenvalue weighted by Gasteiger charge is -2.18. The van der Waals surface area contributed by atoms with Crippen LogP contribution in [0.3, 0.4) is 0 Å². The van der Waals surface area contributed by atoms with Crippen LogP contribution < -0.4 is 0 Å². The lowest BCUT2D eigenvalue weighted by Crippen LogP contribution is -2.44. The van der Waals surface area contributed by atoms with Crippen molar-refractivity contribution in [1.29, 1.82) is 0 Å². The average molecular weight is 339 g/mol. The van der Waals surface area contributed by atoms with Gasteiger partial charge >= 0.3 is 12.1 Å². The molecule has 0 saturated heterocycles. The minimum absolute atomic E-state index is 0.246. The van der Waals surface area contributed by atoms with Crippen LogP contribution in [-0.2, 0) is 0 Å². The van der Waals surface area contributed by atoms with Gasteiger partial charge < -0.3 is 0 Å². The van der Waals surface area contributed by atoms with Crippen LogP contribution in [0.2, 0.25) is 0 Å². The van der Waals surface area contributed by atoms with Crippen LogP contribution in [-0.4, -0.2) is 17.9 Å². The number of halogens is 8. The molecular weight excluding hydrogens is 337 g/mol. The standard InChI is InChI=1S/C9H2BrF7O/c10-3-1-4(11)6(5(12)2-3)7(18)8(13,14)9(15,16)17/h1-2H. The maximum atomic E-state index is 13.1. The van der Waals surface area contributed by atoms with E-state index in [4.69, 9.17) is 0 Å².